The zero-order chi connectivity index (χ0) is 18.6. The molecule has 0 radical (unpaired) electrons. The lowest BCUT2D eigenvalue weighted by Gasteiger charge is -2.23. The predicted octanol–water partition coefficient (Wildman–Crippen LogP) is 2.73. The van der Waals surface area contributed by atoms with Crippen molar-refractivity contribution in [2.45, 2.75) is 58.5 Å². The highest BCUT2D eigenvalue weighted by Gasteiger charge is 2.20. The Kier molecular flexibility index (Phi) is 6.06. The van der Waals surface area contributed by atoms with E-state index >= 15 is 0 Å². The standard InChI is InChI=1S/C19H28N2O4/c1-12(11-22)15-10-16-14(5-6-17(23)21-16)9-13(15)7-8-20-18(24)25-19(2,3)4/h9-10,12,22H,5-8,11H2,1-4H3,(H,20,24)(H,21,23). The van der Waals surface area contributed by atoms with E-state index in [2.05, 4.69) is 16.7 Å². The van der Waals surface area contributed by atoms with Crippen molar-refractivity contribution in [3.8, 4) is 0 Å². The number of carbonyl (C=O) groups excluding carboxylic acids is 2. The van der Waals surface area contributed by atoms with Gasteiger partial charge in [-0.3, -0.25) is 4.79 Å². The van der Waals surface area contributed by atoms with Gasteiger partial charge in [-0.05, 0) is 56.4 Å². The highest BCUT2D eigenvalue weighted by molar-refractivity contribution is 5.94. The first-order valence-electron chi connectivity index (χ1n) is 8.73. The quantitative estimate of drug-likeness (QED) is 0.763. The molecule has 0 saturated carbocycles. The molecule has 0 aliphatic carbocycles. The Morgan fingerprint density at radius 1 is 1.36 bits per heavy atom. The summed E-state index contributed by atoms with van der Waals surface area (Å²) in [5.74, 6) is -0.0184. The van der Waals surface area contributed by atoms with Crippen molar-refractivity contribution in [3.05, 3.63) is 28.8 Å². The fraction of sp³-hybridized carbons (Fsp3) is 0.579. The summed E-state index contributed by atoms with van der Waals surface area (Å²) in [5.41, 5.74) is 3.48. The second kappa shape index (κ2) is 7.87. The van der Waals surface area contributed by atoms with Crippen LogP contribution in [0.1, 0.15) is 56.7 Å². The van der Waals surface area contributed by atoms with Gasteiger partial charge in [0.25, 0.3) is 0 Å². The molecule has 0 bridgehead atoms. The Morgan fingerprint density at radius 3 is 2.72 bits per heavy atom. The molecule has 1 aliphatic heterocycles. The molecule has 0 fully saturated rings. The van der Waals surface area contributed by atoms with Gasteiger partial charge in [-0.15, -0.1) is 0 Å². The number of amides is 2. The molecule has 0 aromatic heterocycles. The summed E-state index contributed by atoms with van der Waals surface area (Å²) in [7, 11) is 0. The molecular formula is C19H28N2O4. The van der Waals surface area contributed by atoms with Crippen molar-refractivity contribution in [2.24, 2.45) is 0 Å². The van der Waals surface area contributed by atoms with Crippen molar-refractivity contribution < 1.29 is 19.4 Å². The fourth-order valence-corrected chi connectivity index (χ4v) is 2.88. The average Bonchev–Trinajstić information content (AvgIpc) is 2.51. The Hall–Kier alpha value is -2.08. The largest absolute Gasteiger partial charge is 0.444 e. The Morgan fingerprint density at radius 2 is 2.08 bits per heavy atom. The van der Waals surface area contributed by atoms with Gasteiger partial charge in [-0.2, -0.15) is 0 Å². The average molecular weight is 348 g/mol. The number of fused-ring (bicyclic) bond motifs is 1. The van der Waals surface area contributed by atoms with Crippen molar-refractivity contribution in [3.63, 3.8) is 0 Å². The first kappa shape index (κ1) is 19.2. The summed E-state index contributed by atoms with van der Waals surface area (Å²) >= 11 is 0. The molecule has 3 N–H and O–H groups in total. The van der Waals surface area contributed by atoms with Crippen LogP contribution in [0, 0.1) is 0 Å². The van der Waals surface area contributed by atoms with E-state index in [1.54, 1.807) is 0 Å². The second-order valence-corrected chi connectivity index (χ2v) is 7.52. The second-order valence-electron chi connectivity index (χ2n) is 7.52. The molecule has 0 saturated heterocycles. The number of ether oxygens (including phenoxy) is 1. The Bertz CT molecular complexity index is 650. The molecule has 1 aliphatic rings. The van der Waals surface area contributed by atoms with Gasteiger partial charge in [-0.25, -0.2) is 4.79 Å². The zero-order valence-corrected chi connectivity index (χ0v) is 15.4. The molecular weight excluding hydrogens is 320 g/mol. The number of carbonyl (C=O) groups is 2. The summed E-state index contributed by atoms with van der Waals surface area (Å²) < 4.78 is 5.24. The first-order valence-corrected chi connectivity index (χ1v) is 8.73. The normalized spacial score (nSPS) is 15.2. The molecule has 1 aromatic rings. The zero-order valence-electron chi connectivity index (χ0n) is 15.4. The van der Waals surface area contributed by atoms with Crippen molar-refractivity contribution in [1.82, 2.24) is 5.32 Å². The molecule has 6 heteroatoms. The lowest BCUT2D eigenvalue weighted by atomic mass is 9.89. The number of hydrogen-bond donors (Lipinski definition) is 3. The summed E-state index contributed by atoms with van der Waals surface area (Å²) in [6.07, 6.45) is 1.40. The van der Waals surface area contributed by atoms with E-state index in [4.69, 9.17) is 4.74 Å². The maximum Gasteiger partial charge on any atom is 0.407 e. The van der Waals surface area contributed by atoms with Crippen LogP contribution in [-0.2, 0) is 22.4 Å². The van der Waals surface area contributed by atoms with Gasteiger partial charge < -0.3 is 20.5 Å². The van der Waals surface area contributed by atoms with Crippen molar-refractivity contribution in [1.29, 1.82) is 0 Å². The van der Waals surface area contributed by atoms with Gasteiger partial charge in [0.15, 0.2) is 0 Å². The van der Waals surface area contributed by atoms with Gasteiger partial charge in [-0.1, -0.05) is 13.0 Å². The third kappa shape index (κ3) is 5.46. The third-order valence-electron chi connectivity index (χ3n) is 4.13. The summed E-state index contributed by atoms with van der Waals surface area (Å²) in [5, 5.41) is 15.2. The van der Waals surface area contributed by atoms with Gasteiger partial charge in [0.1, 0.15) is 5.60 Å². The number of hydrogen-bond acceptors (Lipinski definition) is 4. The highest BCUT2D eigenvalue weighted by atomic mass is 16.6. The minimum atomic E-state index is -0.523. The highest BCUT2D eigenvalue weighted by Crippen LogP contribution is 2.30. The minimum absolute atomic E-state index is 0.0226. The van der Waals surface area contributed by atoms with E-state index < -0.39 is 11.7 Å². The SMILES string of the molecule is CC(CO)c1cc2c(cc1CCNC(=O)OC(C)(C)C)CCC(=O)N2. The van der Waals surface area contributed by atoms with Crippen LogP contribution < -0.4 is 10.6 Å². The van der Waals surface area contributed by atoms with Gasteiger partial charge in [0.05, 0.1) is 0 Å². The van der Waals surface area contributed by atoms with E-state index in [0.29, 0.717) is 25.8 Å². The number of aryl methyl sites for hydroxylation is 1. The van der Waals surface area contributed by atoms with E-state index in [0.717, 1.165) is 22.4 Å². The molecule has 2 amide bonds. The molecule has 1 aromatic carbocycles. The maximum atomic E-state index is 11.8. The number of alkyl carbamates (subject to hydrolysis) is 1. The number of anilines is 1. The number of nitrogens with one attached hydrogen (secondary N) is 2. The molecule has 1 heterocycles. The minimum Gasteiger partial charge on any atom is -0.444 e. The van der Waals surface area contributed by atoms with Gasteiger partial charge >= 0.3 is 6.09 Å². The summed E-state index contributed by atoms with van der Waals surface area (Å²) in [6, 6.07) is 4.03. The third-order valence-corrected chi connectivity index (χ3v) is 4.13. The lowest BCUT2D eigenvalue weighted by molar-refractivity contribution is -0.116. The number of benzene rings is 1. The van der Waals surface area contributed by atoms with Crippen LogP contribution in [-0.4, -0.2) is 35.9 Å². The molecule has 1 atom stereocenters. The number of aliphatic hydroxyl groups excluding tert-OH is 1. The maximum absolute atomic E-state index is 11.8. The molecule has 0 spiro atoms. The van der Waals surface area contributed by atoms with Crippen LogP contribution in [0.2, 0.25) is 0 Å². The molecule has 1 unspecified atom stereocenters. The molecule has 6 nitrogen and oxygen atoms in total. The van der Waals surface area contributed by atoms with Crippen molar-refractivity contribution >= 4 is 17.7 Å². The monoisotopic (exact) mass is 348 g/mol. The van der Waals surface area contributed by atoms with Crippen LogP contribution in [0.4, 0.5) is 10.5 Å². The van der Waals surface area contributed by atoms with Crippen LogP contribution in [0.25, 0.3) is 0 Å². The summed E-state index contributed by atoms with van der Waals surface area (Å²) in [6.45, 7) is 7.89. The van der Waals surface area contributed by atoms with E-state index in [1.165, 1.54) is 0 Å². The van der Waals surface area contributed by atoms with Gasteiger partial charge in [0, 0.05) is 31.2 Å². The van der Waals surface area contributed by atoms with E-state index in [1.807, 2.05) is 33.8 Å². The number of rotatable bonds is 5. The Balaban J connectivity index is 2.10. The Labute approximate surface area is 149 Å². The fourth-order valence-electron chi connectivity index (χ4n) is 2.88. The molecule has 2 rings (SSSR count). The van der Waals surface area contributed by atoms with Crippen LogP contribution in [0.5, 0.6) is 0 Å². The van der Waals surface area contributed by atoms with E-state index in [9.17, 15) is 14.7 Å². The predicted molar refractivity (Wildman–Crippen MR) is 96.8 cm³/mol. The van der Waals surface area contributed by atoms with Crippen LogP contribution >= 0.6 is 0 Å². The van der Waals surface area contributed by atoms with Crippen molar-refractivity contribution in [2.75, 3.05) is 18.5 Å². The van der Waals surface area contributed by atoms with Gasteiger partial charge in [0.2, 0.25) is 5.91 Å². The van der Waals surface area contributed by atoms with Crippen LogP contribution in [0.3, 0.4) is 0 Å². The lowest BCUT2D eigenvalue weighted by Crippen LogP contribution is -2.33. The summed E-state index contributed by atoms with van der Waals surface area (Å²) in [4.78, 5) is 23.4. The molecule has 138 valence electrons. The number of aliphatic hydroxyl groups is 1. The molecule has 25 heavy (non-hydrogen) atoms. The van der Waals surface area contributed by atoms with E-state index in [-0.39, 0.29) is 18.4 Å². The smallest absolute Gasteiger partial charge is 0.407 e. The topological polar surface area (TPSA) is 87.7 Å². The first-order chi connectivity index (χ1) is 11.7. The van der Waals surface area contributed by atoms with Crippen LogP contribution in [0.15, 0.2) is 12.1 Å².